The van der Waals surface area contributed by atoms with Crippen molar-refractivity contribution in [2.45, 2.75) is 19.8 Å². The van der Waals surface area contributed by atoms with Gasteiger partial charge in [-0.15, -0.1) is 0 Å². The number of fused-ring (bicyclic) bond motifs is 1. The van der Waals surface area contributed by atoms with E-state index in [1.54, 1.807) is 24.3 Å². The Bertz CT molecular complexity index is 600. The van der Waals surface area contributed by atoms with Crippen LogP contribution in [0.25, 0.3) is 11.0 Å². The van der Waals surface area contributed by atoms with E-state index >= 15 is 0 Å². The Kier molecular flexibility index (Phi) is 3.67. The second-order valence-electron chi connectivity index (χ2n) is 4.54. The molecule has 1 heterocycles. The van der Waals surface area contributed by atoms with Crippen LogP contribution in [0.4, 0.5) is 0 Å². The molecule has 4 nitrogen and oxygen atoms in total. The minimum atomic E-state index is -0.503. The summed E-state index contributed by atoms with van der Waals surface area (Å²) in [6.07, 6.45) is 1.04. The largest absolute Gasteiger partial charge is 0.507 e. The van der Waals surface area contributed by atoms with Crippen LogP contribution >= 0.6 is 0 Å². The number of aliphatic hydroxyl groups is 1. The molecule has 0 aliphatic heterocycles. The number of rotatable bonds is 4. The van der Waals surface area contributed by atoms with E-state index < -0.39 is 5.63 Å². The molecule has 2 N–H and O–H groups in total. The van der Waals surface area contributed by atoms with Crippen molar-refractivity contribution in [2.24, 2.45) is 5.92 Å². The van der Waals surface area contributed by atoms with Gasteiger partial charge >= 0.3 is 5.63 Å². The van der Waals surface area contributed by atoms with Gasteiger partial charge in [-0.05, 0) is 30.9 Å². The first kappa shape index (κ1) is 12.6. The van der Waals surface area contributed by atoms with Gasteiger partial charge in [-0.25, -0.2) is 4.79 Å². The molecule has 0 aliphatic carbocycles. The van der Waals surface area contributed by atoms with E-state index in [-0.39, 0.29) is 23.8 Å². The highest BCUT2D eigenvalue weighted by Crippen LogP contribution is 2.27. The third-order valence-electron chi connectivity index (χ3n) is 3.08. The Morgan fingerprint density at radius 1 is 1.33 bits per heavy atom. The zero-order chi connectivity index (χ0) is 13.1. The number of hydrogen-bond donors (Lipinski definition) is 2. The second kappa shape index (κ2) is 5.23. The van der Waals surface area contributed by atoms with Gasteiger partial charge in [0.2, 0.25) is 0 Å². The molecule has 0 amide bonds. The lowest BCUT2D eigenvalue weighted by molar-refractivity contribution is 0.230. The van der Waals surface area contributed by atoms with Crippen LogP contribution in [0.5, 0.6) is 5.75 Å². The van der Waals surface area contributed by atoms with E-state index in [0.29, 0.717) is 23.8 Å². The fraction of sp³-hybridized carbons (Fsp3) is 0.357. The molecule has 1 atom stereocenters. The van der Waals surface area contributed by atoms with Gasteiger partial charge in [-0.3, -0.25) is 0 Å². The van der Waals surface area contributed by atoms with Crippen LogP contribution in [0.1, 0.15) is 18.9 Å². The van der Waals surface area contributed by atoms with Gasteiger partial charge in [0.05, 0.1) is 10.9 Å². The first-order valence-corrected chi connectivity index (χ1v) is 5.98. The molecule has 1 aromatic carbocycles. The molecule has 18 heavy (non-hydrogen) atoms. The van der Waals surface area contributed by atoms with E-state index in [1.807, 2.05) is 6.92 Å². The molecule has 2 aromatic rings. The van der Waals surface area contributed by atoms with Crippen molar-refractivity contribution in [3.05, 3.63) is 40.2 Å². The molecule has 0 spiro atoms. The maximum Gasteiger partial charge on any atom is 0.343 e. The van der Waals surface area contributed by atoms with Gasteiger partial charge < -0.3 is 14.6 Å². The Hall–Kier alpha value is -1.81. The molecule has 0 bridgehead atoms. The fourth-order valence-corrected chi connectivity index (χ4v) is 1.87. The minimum Gasteiger partial charge on any atom is -0.507 e. The highest BCUT2D eigenvalue weighted by Gasteiger charge is 2.14. The predicted molar refractivity (Wildman–Crippen MR) is 68.7 cm³/mol. The first-order valence-electron chi connectivity index (χ1n) is 5.98. The topological polar surface area (TPSA) is 70.7 Å². The monoisotopic (exact) mass is 248 g/mol. The van der Waals surface area contributed by atoms with Crippen molar-refractivity contribution >= 4 is 11.0 Å². The summed E-state index contributed by atoms with van der Waals surface area (Å²) in [6, 6.07) is 6.89. The Balaban J connectivity index is 2.41. The number of aliphatic hydroxyl groups excluding tert-OH is 1. The molecule has 96 valence electrons. The molecule has 4 heteroatoms. The Labute approximate surface area is 104 Å². The third-order valence-corrected chi connectivity index (χ3v) is 3.08. The molecule has 1 aromatic heterocycles. The summed E-state index contributed by atoms with van der Waals surface area (Å²) in [6.45, 7) is 1.96. The van der Waals surface area contributed by atoms with Crippen molar-refractivity contribution in [3.63, 3.8) is 0 Å². The number of hydrogen-bond acceptors (Lipinski definition) is 4. The summed E-state index contributed by atoms with van der Waals surface area (Å²) >= 11 is 0. The highest BCUT2D eigenvalue weighted by atomic mass is 16.4. The van der Waals surface area contributed by atoms with Gasteiger partial charge in [-0.2, -0.15) is 0 Å². The number of benzene rings is 1. The van der Waals surface area contributed by atoms with Crippen molar-refractivity contribution in [2.75, 3.05) is 6.61 Å². The van der Waals surface area contributed by atoms with Crippen LogP contribution < -0.4 is 5.63 Å². The molecule has 1 unspecified atom stereocenters. The maximum absolute atomic E-state index is 11.8. The van der Waals surface area contributed by atoms with Crippen LogP contribution in [-0.4, -0.2) is 16.8 Å². The molecule has 0 fully saturated rings. The molecule has 0 aliphatic rings. The lowest BCUT2D eigenvalue weighted by Gasteiger charge is -2.09. The third kappa shape index (κ3) is 2.38. The summed E-state index contributed by atoms with van der Waals surface area (Å²) < 4.78 is 5.16. The number of aromatic hydroxyl groups is 1. The van der Waals surface area contributed by atoms with E-state index in [1.165, 1.54) is 0 Å². The summed E-state index contributed by atoms with van der Waals surface area (Å²) in [5.74, 6) is 0.0854. The second-order valence-corrected chi connectivity index (χ2v) is 4.54. The van der Waals surface area contributed by atoms with Crippen molar-refractivity contribution < 1.29 is 14.6 Å². The molecule has 0 saturated heterocycles. The van der Waals surface area contributed by atoms with Gasteiger partial charge in [0.1, 0.15) is 11.3 Å². The van der Waals surface area contributed by atoms with E-state index in [9.17, 15) is 9.90 Å². The van der Waals surface area contributed by atoms with Gasteiger partial charge in [0.15, 0.2) is 0 Å². The van der Waals surface area contributed by atoms with E-state index in [2.05, 4.69) is 0 Å². The van der Waals surface area contributed by atoms with Crippen molar-refractivity contribution in [1.29, 1.82) is 0 Å². The lowest BCUT2D eigenvalue weighted by Crippen LogP contribution is -2.11. The molecular formula is C14H16O4. The van der Waals surface area contributed by atoms with Crippen molar-refractivity contribution in [1.82, 2.24) is 0 Å². The average molecular weight is 248 g/mol. The predicted octanol–water partition coefficient (Wildman–Crippen LogP) is 2.06. The van der Waals surface area contributed by atoms with Crippen LogP contribution in [0.2, 0.25) is 0 Å². The summed E-state index contributed by atoms with van der Waals surface area (Å²) in [4.78, 5) is 11.8. The molecule has 0 radical (unpaired) electrons. The fourth-order valence-electron chi connectivity index (χ4n) is 1.87. The number of para-hydroxylation sites is 1. The van der Waals surface area contributed by atoms with Gasteiger partial charge in [-0.1, -0.05) is 19.1 Å². The normalized spacial score (nSPS) is 12.8. The van der Waals surface area contributed by atoms with Gasteiger partial charge in [0, 0.05) is 6.61 Å². The molecule has 2 rings (SSSR count). The first-order chi connectivity index (χ1) is 8.63. The molecular weight excluding hydrogens is 232 g/mol. The SMILES string of the molecule is CC(CO)CCc1c(O)c2ccccc2oc1=O. The minimum absolute atomic E-state index is 0.00742. The summed E-state index contributed by atoms with van der Waals surface area (Å²) in [5, 5.41) is 19.6. The maximum atomic E-state index is 11.8. The smallest absolute Gasteiger partial charge is 0.343 e. The van der Waals surface area contributed by atoms with E-state index in [0.717, 1.165) is 0 Å². The summed E-state index contributed by atoms with van der Waals surface area (Å²) in [5.41, 5.74) is 0.171. The quantitative estimate of drug-likeness (QED) is 0.812. The van der Waals surface area contributed by atoms with Crippen LogP contribution in [0, 0.1) is 5.92 Å². The van der Waals surface area contributed by atoms with E-state index in [4.69, 9.17) is 9.52 Å². The zero-order valence-corrected chi connectivity index (χ0v) is 10.2. The lowest BCUT2D eigenvalue weighted by atomic mass is 10.0. The standard InChI is InChI=1S/C14H16O4/c1-9(8-15)6-7-11-13(16)10-4-2-3-5-12(10)18-14(11)17/h2-5,9,15-16H,6-8H2,1H3. The highest BCUT2D eigenvalue weighted by molar-refractivity contribution is 5.83. The average Bonchev–Trinajstić information content (AvgIpc) is 2.38. The Morgan fingerprint density at radius 3 is 2.78 bits per heavy atom. The Morgan fingerprint density at radius 2 is 2.06 bits per heavy atom. The van der Waals surface area contributed by atoms with Crippen LogP contribution in [-0.2, 0) is 6.42 Å². The van der Waals surface area contributed by atoms with Gasteiger partial charge in [0.25, 0.3) is 0 Å². The van der Waals surface area contributed by atoms with Crippen LogP contribution in [0.3, 0.4) is 0 Å². The summed E-state index contributed by atoms with van der Waals surface area (Å²) in [7, 11) is 0. The van der Waals surface area contributed by atoms with Crippen LogP contribution in [0.15, 0.2) is 33.5 Å². The zero-order valence-electron chi connectivity index (χ0n) is 10.2. The molecule has 0 saturated carbocycles. The van der Waals surface area contributed by atoms with Crippen molar-refractivity contribution in [3.8, 4) is 5.75 Å².